The summed E-state index contributed by atoms with van der Waals surface area (Å²) in [7, 11) is -1.02. The lowest BCUT2D eigenvalue weighted by Crippen LogP contribution is -2.48. The summed E-state index contributed by atoms with van der Waals surface area (Å²) in [5, 5.41) is 11.2. The van der Waals surface area contributed by atoms with E-state index in [9.17, 15) is 26.4 Å². The topological polar surface area (TPSA) is 216 Å². The number of benzene rings is 4. The van der Waals surface area contributed by atoms with Gasteiger partial charge in [0.05, 0.1) is 72.6 Å². The number of rotatable bonds is 22. The number of methoxy groups -OCH3 is 4. The number of sulfonamides is 2. The number of fused-ring (bicyclic) bond motifs is 6. The average Bonchev–Trinajstić information content (AvgIpc) is 1.73. The highest BCUT2D eigenvalue weighted by Crippen LogP contribution is 2.49. The summed E-state index contributed by atoms with van der Waals surface area (Å²) in [5.41, 5.74) is 7.64. The molecule has 0 amide bonds. The highest BCUT2D eigenvalue weighted by Gasteiger charge is 2.45. The molecule has 16 nitrogen and oxygen atoms in total. The van der Waals surface area contributed by atoms with Gasteiger partial charge in [0.25, 0.3) is 0 Å². The fourth-order valence-corrected chi connectivity index (χ4v) is 16.7. The first-order valence-corrected chi connectivity index (χ1v) is 35.3. The largest absolute Gasteiger partial charge is 0.490 e. The maximum absolute atomic E-state index is 12.5. The third-order valence-corrected chi connectivity index (χ3v) is 23.4. The predicted octanol–water partition coefficient (Wildman–Crippen LogP) is 12.1. The quantitative estimate of drug-likeness (QED) is 0.0553. The molecule has 2 aliphatic heterocycles. The fraction of sp³-hybridized carbons (Fsp3) is 0.559. The van der Waals surface area contributed by atoms with Crippen LogP contribution in [0.5, 0.6) is 11.5 Å². The monoisotopic (exact) mass is 1290 g/mol. The number of ether oxygens (including phenoxy) is 6. The second kappa shape index (κ2) is 29.4. The van der Waals surface area contributed by atoms with Gasteiger partial charge in [0, 0.05) is 61.3 Å². The Morgan fingerprint density at radius 3 is 1.35 bits per heavy atom. The van der Waals surface area contributed by atoms with Gasteiger partial charge in [0.1, 0.15) is 11.5 Å². The van der Waals surface area contributed by atoms with Gasteiger partial charge in [-0.1, -0.05) is 73.5 Å². The Morgan fingerprint density at radius 2 is 1.01 bits per heavy atom. The van der Waals surface area contributed by atoms with Crippen LogP contribution in [0.4, 0.5) is 11.4 Å². The molecule has 480 valence electrons. The highest BCUT2D eigenvalue weighted by molar-refractivity contribution is 7.90. The molecule has 88 heavy (non-hydrogen) atoms. The number of anilines is 2. The minimum absolute atomic E-state index is 0.171. The lowest BCUT2D eigenvalue weighted by molar-refractivity contribution is 0.0592. The molecular weight excluding hydrogens is 1200 g/mol. The predicted molar refractivity (Wildman–Crippen MR) is 348 cm³/mol. The molecule has 20 heteroatoms. The van der Waals surface area contributed by atoms with Gasteiger partial charge in [-0.15, -0.1) is 0 Å². The molecule has 0 radical (unpaired) electrons. The van der Waals surface area contributed by atoms with Crippen LogP contribution < -0.4 is 29.6 Å². The summed E-state index contributed by atoms with van der Waals surface area (Å²) in [6.45, 7) is 8.00. The van der Waals surface area contributed by atoms with E-state index in [-0.39, 0.29) is 35.0 Å². The summed E-state index contributed by atoms with van der Waals surface area (Å²) in [6, 6.07) is 23.7. The fourth-order valence-electron chi connectivity index (χ4n) is 14.5. The van der Waals surface area contributed by atoms with Crippen molar-refractivity contribution in [1.29, 1.82) is 0 Å². The molecule has 2 heterocycles. The second-order valence-electron chi connectivity index (χ2n) is 25.3. The van der Waals surface area contributed by atoms with Crippen molar-refractivity contribution in [2.24, 2.45) is 33.9 Å². The van der Waals surface area contributed by atoms with Crippen molar-refractivity contribution in [3.63, 3.8) is 0 Å². The normalized spacial score (nSPS) is 24.5. The molecular formula is C68H90Cl2N4O12S2. The lowest BCUT2D eigenvalue weighted by atomic mass is 9.69. The SMILES string of the molecule is CC[C@H](CC[C@@H](/C=C/[C@@H]1CC[C@H]1CN1C[C@@]2(CCCc3cc(Cl)ccc32)COc2ccc(C(=O)OC)cc21)OC)S(N)(=O)=O.CC[C@H](CC[C@H](/C=C/[C@@H]1CC[C@H]1CN1C[C@@]2(CCCc3cc(Cl)ccc32)COc2ccc(C(=O)OC)cc21)OC)S(N)(=O)=O. The van der Waals surface area contributed by atoms with E-state index < -0.39 is 30.5 Å². The van der Waals surface area contributed by atoms with Gasteiger partial charge in [-0.25, -0.2) is 36.7 Å². The first-order valence-electron chi connectivity index (χ1n) is 31.4. The van der Waals surface area contributed by atoms with Gasteiger partial charge >= 0.3 is 11.9 Å². The number of carbonyl (C=O) groups is 2. The number of hydrogen-bond acceptors (Lipinski definition) is 14. The molecule has 4 aromatic rings. The molecule has 2 fully saturated rings. The van der Waals surface area contributed by atoms with Gasteiger partial charge in [-0.05, 0) is 209 Å². The number of esters is 2. The number of hydrogen-bond donors (Lipinski definition) is 2. The third kappa shape index (κ3) is 15.7. The Morgan fingerprint density at radius 1 is 0.602 bits per heavy atom. The van der Waals surface area contributed by atoms with Gasteiger partial charge in [0.2, 0.25) is 20.0 Å². The minimum Gasteiger partial charge on any atom is -0.490 e. The Hall–Kier alpha value is -5.18. The van der Waals surface area contributed by atoms with Crippen molar-refractivity contribution in [3.05, 3.63) is 141 Å². The molecule has 4 aliphatic carbocycles. The smallest absolute Gasteiger partial charge is 0.337 e. The summed E-state index contributed by atoms with van der Waals surface area (Å²) in [6.07, 6.45) is 21.9. The second-order valence-corrected chi connectivity index (χ2v) is 29.8. The van der Waals surface area contributed by atoms with Crippen molar-refractivity contribution < 1.29 is 54.8 Å². The molecule has 0 bridgehead atoms. The van der Waals surface area contributed by atoms with E-state index in [0.29, 0.717) is 86.5 Å². The van der Waals surface area contributed by atoms with Gasteiger partial charge in [0.15, 0.2) is 0 Å². The van der Waals surface area contributed by atoms with Crippen molar-refractivity contribution in [2.45, 2.75) is 150 Å². The molecule has 4 aromatic carbocycles. The third-order valence-electron chi connectivity index (χ3n) is 19.9. The van der Waals surface area contributed by atoms with Crippen LogP contribution in [-0.2, 0) is 62.7 Å². The summed E-state index contributed by atoms with van der Waals surface area (Å²) < 4.78 is 82.1. The van der Waals surface area contributed by atoms with Crippen molar-refractivity contribution in [1.82, 2.24) is 0 Å². The Labute approximate surface area is 532 Å². The number of carbonyl (C=O) groups excluding carboxylic acids is 2. The van der Waals surface area contributed by atoms with Crippen LogP contribution in [0, 0.1) is 23.7 Å². The molecule has 0 aromatic heterocycles. The van der Waals surface area contributed by atoms with Crippen molar-refractivity contribution >= 4 is 66.6 Å². The van der Waals surface area contributed by atoms with Gasteiger partial charge < -0.3 is 38.2 Å². The van der Waals surface area contributed by atoms with Crippen LogP contribution in [0.25, 0.3) is 0 Å². The number of primary sulfonamides is 2. The van der Waals surface area contributed by atoms with Crippen LogP contribution in [0.1, 0.15) is 147 Å². The van der Waals surface area contributed by atoms with E-state index in [0.717, 1.165) is 123 Å². The summed E-state index contributed by atoms with van der Waals surface area (Å²) in [4.78, 5) is 29.9. The van der Waals surface area contributed by atoms with Gasteiger partial charge in [-0.3, -0.25) is 0 Å². The van der Waals surface area contributed by atoms with E-state index in [2.05, 4.69) is 58.4 Å². The van der Waals surface area contributed by atoms with E-state index >= 15 is 0 Å². The molecule has 6 aliphatic rings. The number of allylic oxidation sites excluding steroid dienone is 2. The first-order chi connectivity index (χ1) is 42.1. The molecule has 2 spiro atoms. The molecule has 2 saturated carbocycles. The molecule has 0 unspecified atom stereocenters. The molecule has 4 N–H and O–H groups in total. The number of aryl methyl sites for hydroxylation is 2. The van der Waals surface area contributed by atoms with Crippen LogP contribution in [0.15, 0.2) is 97.1 Å². The van der Waals surface area contributed by atoms with E-state index in [1.807, 2.05) is 50.2 Å². The number of halogens is 2. The maximum atomic E-state index is 12.5. The zero-order valence-corrected chi connectivity index (χ0v) is 55.1. The van der Waals surface area contributed by atoms with E-state index in [4.69, 9.17) is 61.9 Å². The average molecular weight is 1290 g/mol. The highest BCUT2D eigenvalue weighted by atomic mass is 35.5. The lowest BCUT2D eigenvalue weighted by Gasteiger charge is -2.44. The van der Waals surface area contributed by atoms with E-state index in [1.54, 1.807) is 26.4 Å². The van der Waals surface area contributed by atoms with Crippen LogP contribution >= 0.6 is 23.2 Å². The summed E-state index contributed by atoms with van der Waals surface area (Å²) >= 11 is 12.8. The summed E-state index contributed by atoms with van der Waals surface area (Å²) in [5.74, 6) is 2.39. The minimum atomic E-state index is -3.57. The van der Waals surface area contributed by atoms with Crippen molar-refractivity contribution in [3.8, 4) is 11.5 Å². The van der Waals surface area contributed by atoms with E-state index in [1.165, 1.54) is 36.5 Å². The maximum Gasteiger partial charge on any atom is 0.337 e. The first kappa shape index (κ1) is 67.2. The number of nitrogens with two attached hydrogens (primary N) is 2. The van der Waals surface area contributed by atoms with Crippen LogP contribution in [0.2, 0.25) is 10.0 Å². The Balaban J connectivity index is 0.000000209. The zero-order valence-electron chi connectivity index (χ0n) is 51.9. The van der Waals surface area contributed by atoms with Crippen LogP contribution in [0.3, 0.4) is 0 Å². The number of nitrogens with zero attached hydrogens (tertiary/aromatic N) is 2. The Kier molecular flexibility index (Phi) is 22.5. The molecule has 10 rings (SSSR count). The standard InChI is InChI=1S/2C34H45ClN2O6S/c2*1-4-29(44(36,39)40)14-13-28(41-2)12-9-23-7-8-26(23)20-37-21-34(17-5-6-24-18-27(35)11-15-30(24)34)22-43-32-16-10-25(19-31(32)37)33(38)42-3/h2*9-12,15-16,18-19,23,26,28-29H,4-8,13-14,17,20-22H2,1-3H3,(H2,36,39,40)/b2*12-9+/t23-,26-,28+,29+,34-;23-,26-,28-,29+,34-/m00/s1. The molecule has 10 atom stereocenters. The zero-order chi connectivity index (χ0) is 63.0. The van der Waals surface area contributed by atoms with Crippen molar-refractivity contribution in [2.75, 3.05) is 77.6 Å². The van der Waals surface area contributed by atoms with Crippen LogP contribution in [-0.4, -0.2) is 119 Å². The Bertz CT molecular complexity index is 3180. The van der Waals surface area contributed by atoms with Gasteiger partial charge in [-0.2, -0.15) is 0 Å². The molecule has 0 saturated heterocycles.